The molecule has 1 N–H and O–H groups in total. The zero-order valence-corrected chi connectivity index (χ0v) is 12.1. The van der Waals surface area contributed by atoms with Crippen molar-refractivity contribution in [1.29, 1.82) is 0 Å². The lowest BCUT2D eigenvalue weighted by molar-refractivity contribution is 0.301. The van der Waals surface area contributed by atoms with Gasteiger partial charge in [-0.2, -0.15) is 0 Å². The van der Waals surface area contributed by atoms with E-state index in [1.165, 1.54) is 5.56 Å². The van der Waals surface area contributed by atoms with E-state index in [1.807, 2.05) is 24.7 Å². The Morgan fingerprint density at radius 1 is 1.25 bits per heavy atom. The van der Waals surface area contributed by atoms with Crippen molar-refractivity contribution in [2.75, 3.05) is 13.2 Å². The molecule has 0 aliphatic carbocycles. The summed E-state index contributed by atoms with van der Waals surface area (Å²) in [4.78, 5) is 4.02. The molecular formula is C16H23N3O. The average Bonchev–Trinajstić information content (AvgIpc) is 2.99. The Morgan fingerprint density at radius 2 is 2.10 bits per heavy atom. The first-order chi connectivity index (χ1) is 9.88. The molecule has 2 rings (SSSR count). The molecule has 1 aromatic heterocycles. The summed E-state index contributed by atoms with van der Waals surface area (Å²) in [6.45, 7) is 5.83. The molecule has 4 heteroatoms. The maximum Gasteiger partial charge on any atom is 0.119 e. The number of hydrogen-bond acceptors (Lipinski definition) is 3. The van der Waals surface area contributed by atoms with E-state index in [0.29, 0.717) is 0 Å². The molecule has 0 saturated carbocycles. The summed E-state index contributed by atoms with van der Waals surface area (Å²) in [5.74, 6) is 0.940. The molecule has 20 heavy (non-hydrogen) atoms. The van der Waals surface area contributed by atoms with E-state index < -0.39 is 0 Å². The van der Waals surface area contributed by atoms with Gasteiger partial charge in [0.15, 0.2) is 0 Å². The molecule has 0 amide bonds. The Labute approximate surface area is 120 Å². The lowest BCUT2D eigenvalue weighted by atomic mass is 10.2. The third-order valence-electron chi connectivity index (χ3n) is 3.07. The summed E-state index contributed by atoms with van der Waals surface area (Å²) >= 11 is 0. The minimum absolute atomic E-state index is 0.728. The maximum atomic E-state index is 5.73. The SMILES string of the molecule is CCCNCc1ccc(OCCCn2ccnc2)cc1. The minimum Gasteiger partial charge on any atom is -0.494 e. The summed E-state index contributed by atoms with van der Waals surface area (Å²) in [5, 5.41) is 3.39. The molecule has 0 radical (unpaired) electrons. The Bertz CT molecular complexity index is 465. The predicted octanol–water partition coefficient (Wildman–Crippen LogP) is 2.85. The van der Waals surface area contributed by atoms with Gasteiger partial charge in [0.2, 0.25) is 0 Å². The van der Waals surface area contributed by atoms with Crippen molar-refractivity contribution in [2.24, 2.45) is 0 Å². The van der Waals surface area contributed by atoms with Gasteiger partial charge in [-0.05, 0) is 37.1 Å². The highest BCUT2D eigenvalue weighted by Crippen LogP contribution is 2.12. The van der Waals surface area contributed by atoms with E-state index in [1.54, 1.807) is 6.20 Å². The van der Waals surface area contributed by atoms with Gasteiger partial charge < -0.3 is 14.6 Å². The van der Waals surface area contributed by atoms with Crippen molar-refractivity contribution in [3.05, 3.63) is 48.5 Å². The molecule has 0 spiro atoms. The fourth-order valence-corrected chi connectivity index (χ4v) is 1.97. The molecule has 0 aliphatic rings. The van der Waals surface area contributed by atoms with Gasteiger partial charge >= 0.3 is 0 Å². The number of imidazole rings is 1. The first-order valence-corrected chi connectivity index (χ1v) is 7.26. The fraction of sp³-hybridized carbons (Fsp3) is 0.438. The fourth-order valence-electron chi connectivity index (χ4n) is 1.97. The zero-order valence-electron chi connectivity index (χ0n) is 12.1. The number of nitrogens with zero attached hydrogens (tertiary/aromatic N) is 2. The largest absolute Gasteiger partial charge is 0.494 e. The number of benzene rings is 1. The Hall–Kier alpha value is -1.81. The van der Waals surface area contributed by atoms with Crippen LogP contribution in [0.3, 0.4) is 0 Å². The highest BCUT2D eigenvalue weighted by molar-refractivity contribution is 5.27. The number of hydrogen-bond donors (Lipinski definition) is 1. The van der Waals surface area contributed by atoms with Crippen molar-refractivity contribution in [1.82, 2.24) is 14.9 Å². The van der Waals surface area contributed by atoms with Gasteiger partial charge in [-0.15, -0.1) is 0 Å². The van der Waals surface area contributed by atoms with Crippen molar-refractivity contribution < 1.29 is 4.74 Å². The number of rotatable bonds is 9. The van der Waals surface area contributed by atoms with Gasteiger partial charge in [0, 0.05) is 25.5 Å². The predicted molar refractivity (Wildman–Crippen MR) is 80.8 cm³/mol. The van der Waals surface area contributed by atoms with Gasteiger partial charge in [-0.25, -0.2) is 4.98 Å². The molecular weight excluding hydrogens is 250 g/mol. The van der Waals surface area contributed by atoms with Crippen LogP contribution in [-0.2, 0) is 13.1 Å². The monoisotopic (exact) mass is 273 g/mol. The molecule has 0 atom stereocenters. The first-order valence-electron chi connectivity index (χ1n) is 7.26. The van der Waals surface area contributed by atoms with Crippen LogP contribution in [0.25, 0.3) is 0 Å². The van der Waals surface area contributed by atoms with Crippen LogP contribution in [0, 0.1) is 0 Å². The smallest absolute Gasteiger partial charge is 0.119 e. The van der Waals surface area contributed by atoms with Crippen molar-refractivity contribution in [3.8, 4) is 5.75 Å². The summed E-state index contributed by atoms with van der Waals surface area (Å²) in [5.41, 5.74) is 1.30. The van der Waals surface area contributed by atoms with Crippen molar-refractivity contribution in [2.45, 2.75) is 32.9 Å². The molecule has 1 heterocycles. The molecule has 2 aromatic rings. The Balaban J connectivity index is 1.65. The van der Waals surface area contributed by atoms with Gasteiger partial charge in [0.05, 0.1) is 12.9 Å². The summed E-state index contributed by atoms with van der Waals surface area (Å²) in [6, 6.07) is 8.32. The maximum absolute atomic E-state index is 5.73. The third-order valence-corrected chi connectivity index (χ3v) is 3.07. The van der Waals surface area contributed by atoms with Gasteiger partial charge in [-0.1, -0.05) is 19.1 Å². The topological polar surface area (TPSA) is 39.1 Å². The number of ether oxygens (including phenoxy) is 1. The van der Waals surface area contributed by atoms with Crippen LogP contribution in [-0.4, -0.2) is 22.7 Å². The minimum atomic E-state index is 0.728. The van der Waals surface area contributed by atoms with Crippen LogP contribution < -0.4 is 10.1 Å². The molecule has 108 valence electrons. The van der Waals surface area contributed by atoms with E-state index in [9.17, 15) is 0 Å². The molecule has 0 bridgehead atoms. The van der Waals surface area contributed by atoms with Crippen LogP contribution >= 0.6 is 0 Å². The Kier molecular flexibility index (Phi) is 6.11. The average molecular weight is 273 g/mol. The first kappa shape index (κ1) is 14.6. The van der Waals surface area contributed by atoms with Crippen LogP contribution in [0.4, 0.5) is 0 Å². The normalized spacial score (nSPS) is 10.7. The van der Waals surface area contributed by atoms with E-state index in [2.05, 4.69) is 33.9 Å². The second-order valence-electron chi connectivity index (χ2n) is 4.82. The number of aromatic nitrogens is 2. The Morgan fingerprint density at radius 3 is 2.80 bits per heavy atom. The van der Waals surface area contributed by atoms with Crippen LogP contribution in [0.2, 0.25) is 0 Å². The highest BCUT2D eigenvalue weighted by Gasteiger charge is 1.96. The van der Waals surface area contributed by atoms with E-state index in [-0.39, 0.29) is 0 Å². The van der Waals surface area contributed by atoms with Crippen LogP contribution in [0.5, 0.6) is 5.75 Å². The lowest BCUT2D eigenvalue weighted by Gasteiger charge is -2.08. The summed E-state index contributed by atoms with van der Waals surface area (Å²) < 4.78 is 7.79. The van der Waals surface area contributed by atoms with Gasteiger partial charge in [0.1, 0.15) is 5.75 Å². The van der Waals surface area contributed by atoms with E-state index >= 15 is 0 Å². The second kappa shape index (κ2) is 8.38. The summed E-state index contributed by atoms with van der Waals surface area (Å²) in [6.07, 6.45) is 7.75. The van der Waals surface area contributed by atoms with Gasteiger partial charge in [0.25, 0.3) is 0 Å². The quantitative estimate of drug-likeness (QED) is 0.714. The lowest BCUT2D eigenvalue weighted by Crippen LogP contribution is -2.13. The number of aryl methyl sites for hydroxylation is 1. The van der Waals surface area contributed by atoms with Crippen LogP contribution in [0.15, 0.2) is 43.0 Å². The van der Waals surface area contributed by atoms with Crippen molar-refractivity contribution in [3.63, 3.8) is 0 Å². The van der Waals surface area contributed by atoms with Crippen LogP contribution in [0.1, 0.15) is 25.3 Å². The second-order valence-corrected chi connectivity index (χ2v) is 4.82. The standard InChI is InChI=1S/C16H23N3O/c1-2-8-17-13-15-4-6-16(7-5-15)20-12-3-10-19-11-9-18-14-19/h4-7,9,11,14,17H,2-3,8,10,12-13H2,1H3. The molecule has 0 unspecified atom stereocenters. The zero-order chi connectivity index (χ0) is 14.0. The molecule has 4 nitrogen and oxygen atoms in total. The van der Waals surface area contributed by atoms with Gasteiger partial charge in [-0.3, -0.25) is 0 Å². The van der Waals surface area contributed by atoms with Crippen molar-refractivity contribution >= 4 is 0 Å². The number of nitrogens with one attached hydrogen (secondary N) is 1. The molecule has 1 aromatic carbocycles. The third kappa shape index (κ3) is 5.05. The molecule has 0 fully saturated rings. The van der Waals surface area contributed by atoms with E-state index in [4.69, 9.17) is 4.74 Å². The van der Waals surface area contributed by atoms with E-state index in [0.717, 1.165) is 44.8 Å². The summed E-state index contributed by atoms with van der Waals surface area (Å²) in [7, 11) is 0. The molecule has 0 aliphatic heterocycles. The highest BCUT2D eigenvalue weighted by atomic mass is 16.5. The molecule has 0 saturated heterocycles.